The highest BCUT2D eigenvalue weighted by molar-refractivity contribution is 5.80. The van der Waals surface area contributed by atoms with Crippen molar-refractivity contribution in [3.63, 3.8) is 0 Å². The van der Waals surface area contributed by atoms with Gasteiger partial charge in [-0.3, -0.25) is 4.99 Å². The molecule has 0 aliphatic rings. The van der Waals surface area contributed by atoms with E-state index in [4.69, 9.17) is 4.52 Å². The second-order valence-electron chi connectivity index (χ2n) is 7.46. The zero-order valence-electron chi connectivity index (χ0n) is 15.9. The molecule has 1 atom stereocenters. The molecule has 0 spiro atoms. The fraction of sp³-hybridized carbons (Fsp3) is 0.778. The van der Waals surface area contributed by atoms with E-state index in [0.717, 1.165) is 43.3 Å². The van der Waals surface area contributed by atoms with Crippen LogP contribution < -0.4 is 10.6 Å². The van der Waals surface area contributed by atoms with Crippen molar-refractivity contribution < 1.29 is 4.52 Å². The van der Waals surface area contributed by atoms with Crippen LogP contribution >= 0.6 is 0 Å². The first-order chi connectivity index (χ1) is 10.7. The van der Waals surface area contributed by atoms with Crippen molar-refractivity contribution in [1.29, 1.82) is 0 Å². The number of aryl methyl sites for hydroxylation is 2. The molecule has 0 amide bonds. The Hall–Kier alpha value is -1.52. The van der Waals surface area contributed by atoms with Crippen LogP contribution in [0.25, 0.3) is 0 Å². The number of aromatic nitrogens is 1. The number of nitrogens with one attached hydrogen (secondary N) is 2. The second kappa shape index (κ2) is 8.94. The summed E-state index contributed by atoms with van der Waals surface area (Å²) in [5.74, 6) is 1.79. The molecule has 1 rings (SSSR count). The molecule has 1 unspecified atom stereocenters. The Balaban J connectivity index is 2.53. The summed E-state index contributed by atoms with van der Waals surface area (Å²) in [5.41, 5.74) is 2.51. The van der Waals surface area contributed by atoms with Gasteiger partial charge in [0.25, 0.3) is 0 Å². The fourth-order valence-corrected chi connectivity index (χ4v) is 2.41. The van der Waals surface area contributed by atoms with Gasteiger partial charge in [0.2, 0.25) is 0 Å². The highest BCUT2D eigenvalue weighted by atomic mass is 16.5. The van der Waals surface area contributed by atoms with Gasteiger partial charge in [0.15, 0.2) is 5.96 Å². The van der Waals surface area contributed by atoms with Crippen molar-refractivity contribution in [1.82, 2.24) is 15.8 Å². The van der Waals surface area contributed by atoms with Gasteiger partial charge in [0.1, 0.15) is 5.76 Å². The van der Waals surface area contributed by atoms with Gasteiger partial charge in [0.05, 0.1) is 5.69 Å². The summed E-state index contributed by atoms with van der Waals surface area (Å²) in [6.45, 7) is 16.7. The summed E-state index contributed by atoms with van der Waals surface area (Å²) in [6.07, 6.45) is 3.19. The van der Waals surface area contributed by atoms with Crippen molar-refractivity contribution in [3.05, 3.63) is 17.0 Å². The van der Waals surface area contributed by atoms with Crippen LogP contribution in [-0.4, -0.2) is 30.2 Å². The minimum Gasteiger partial charge on any atom is -0.361 e. The largest absolute Gasteiger partial charge is 0.361 e. The lowest BCUT2D eigenvalue weighted by molar-refractivity contribution is 0.346. The van der Waals surface area contributed by atoms with Gasteiger partial charge in [-0.15, -0.1) is 0 Å². The number of guanidine groups is 1. The van der Waals surface area contributed by atoms with Gasteiger partial charge in [-0.1, -0.05) is 25.9 Å². The van der Waals surface area contributed by atoms with Gasteiger partial charge in [-0.2, -0.15) is 0 Å². The standard InChI is InChI=1S/C18H34N4O/c1-8-19-17(21-13(2)9-11-18(5,6)7)20-12-10-16-14(3)22-23-15(16)4/h13H,8-12H2,1-7H3,(H2,19,20,21). The molecule has 132 valence electrons. The average molecular weight is 322 g/mol. The van der Waals surface area contributed by atoms with Gasteiger partial charge in [-0.05, 0) is 52.4 Å². The summed E-state index contributed by atoms with van der Waals surface area (Å²) in [7, 11) is 0. The fourth-order valence-electron chi connectivity index (χ4n) is 2.41. The van der Waals surface area contributed by atoms with Crippen LogP contribution in [0.5, 0.6) is 0 Å². The van der Waals surface area contributed by atoms with E-state index in [-0.39, 0.29) is 0 Å². The third kappa shape index (κ3) is 7.53. The Kier molecular flexibility index (Phi) is 7.59. The Morgan fingerprint density at radius 1 is 1.30 bits per heavy atom. The van der Waals surface area contributed by atoms with Crippen molar-refractivity contribution in [2.75, 3.05) is 13.1 Å². The van der Waals surface area contributed by atoms with Gasteiger partial charge in [-0.25, -0.2) is 0 Å². The molecule has 0 fully saturated rings. The number of rotatable bonds is 7. The number of hydrogen-bond donors (Lipinski definition) is 2. The predicted molar refractivity (Wildman–Crippen MR) is 96.9 cm³/mol. The highest BCUT2D eigenvalue weighted by Crippen LogP contribution is 2.21. The molecule has 1 aromatic heterocycles. The maximum Gasteiger partial charge on any atom is 0.191 e. The summed E-state index contributed by atoms with van der Waals surface area (Å²) in [6, 6.07) is 0.408. The van der Waals surface area contributed by atoms with E-state index in [0.29, 0.717) is 11.5 Å². The first kappa shape index (κ1) is 19.5. The molecular weight excluding hydrogens is 288 g/mol. The number of aliphatic imine (C=N–C) groups is 1. The molecule has 0 bridgehead atoms. The molecule has 0 saturated heterocycles. The summed E-state index contributed by atoms with van der Waals surface area (Å²) in [5, 5.41) is 10.8. The molecule has 0 saturated carbocycles. The second-order valence-corrected chi connectivity index (χ2v) is 7.46. The molecule has 0 aliphatic carbocycles. The quantitative estimate of drug-likeness (QED) is 0.595. The predicted octanol–water partition coefficient (Wildman–Crippen LogP) is 3.60. The molecule has 0 aromatic carbocycles. The normalized spacial score (nSPS) is 14.0. The lowest BCUT2D eigenvalue weighted by Gasteiger charge is -2.23. The minimum absolute atomic E-state index is 0.370. The van der Waals surface area contributed by atoms with Crippen LogP contribution in [0.3, 0.4) is 0 Å². The Morgan fingerprint density at radius 3 is 2.52 bits per heavy atom. The maximum atomic E-state index is 5.20. The molecule has 1 aromatic rings. The molecule has 1 heterocycles. The van der Waals surface area contributed by atoms with E-state index < -0.39 is 0 Å². The first-order valence-corrected chi connectivity index (χ1v) is 8.69. The van der Waals surface area contributed by atoms with E-state index in [1.165, 1.54) is 12.0 Å². The van der Waals surface area contributed by atoms with E-state index in [1.54, 1.807) is 0 Å². The smallest absolute Gasteiger partial charge is 0.191 e. The first-order valence-electron chi connectivity index (χ1n) is 8.69. The zero-order chi connectivity index (χ0) is 17.5. The Morgan fingerprint density at radius 2 is 2.00 bits per heavy atom. The van der Waals surface area contributed by atoms with Crippen molar-refractivity contribution in [2.24, 2.45) is 10.4 Å². The molecule has 0 aliphatic heterocycles. The van der Waals surface area contributed by atoms with Crippen LogP contribution in [-0.2, 0) is 6.42 Å². The maximum absolute atomic E-state index is 5.20. The van der Waals surface area contributed by atoms with Crippen molar-refractivity contribution in [2.45, 2.75) is 73.8 Å². The summed E-state index contributed by atoms with van der Waals surface area (Å²) in [4.78, 5) is 4.68. The van der Waals surface area contributed by atoms with Gasteiger partial charge in [0, 0.05) is 24.7 Å². The van der Waals surface area contributed by atoms with Crippen LogP contribution in [0, 0.1) is 19.3 Å². The number of nitrogens with zero attached hydrogens (tertiary/aromatic N) is 2. The van der Waals surface area contributed by atoms with Crippen molar-refractivity contribution in [3.8, 4) is 0 Å². The lowest BCUT2D eigenvalue weighted by atomic mass is 9.89. The SMILES string of the molecule is CCNC(=NCCc1c(C)noc1C)NC(C)CCC(C)(C)C. The molecule has 5 nitrogen and oxygen atoms in total. The number of hydrogen-bond acceptors (Lipinski definition) is 3. The van der Waals surface area contributed by atoms with Crippen molar-refractivity contribution >= 4 is 5.96 Å². The third-order valence-corrected chi connectivity index (χ3v) is 3.87. The monoisotopic (exact) mass is 322 g/mol. The summed E-state index contributed by atoms with van der Waals surface area (Å²) >= 11 is 0. The van der Waals surface area contributed by atoms with E-state index in [2.05, 4.69) is 55.4 Å². The van der Waals surface area contributed by atoms with Gasteiger partial charge >= 0.3 is 0 Å². The molecular formula is C18H34N4O. The Labute approximate surface area is 141 Å². The topological polar surface area (TPSA) is 62.5 Å². The molecule has 2 N–H and O–H groups in total. The van der Waals surface area contributed by atoms with Gasteiger partial charge < -0.3 is 15.2 Å². The average Bonchev–Trinajstić information content (AvgIpc) is 2.76. The third-order valence-electron chi connectivity index (χ3n) is 3.87. The van der Waals surface area contributed by atoms with Crippen LogP contribution in [0.1, 0.15) is 64.5 Å². The summed E-state index contributed by atoms with van der Waals surface area (Å²) < 4.78 is 5.20. The lowest BCUT2D eigenvalue weighted by Crippen LogP contribution is -2.42. The molecule has 5 heteroatoms. The van der Waals surface area contributed by atoms with E-state index >= 15 is 0 Å². The van der Waals surface area contributed by atoms with Crippen LogP contribution in [0.4, 0.5) is 0 Å². The molecule has 0 radical (unpaired) electrons. The Bertz CT molecular complexity index is 480. The van der Waals surface area contributed by atoms with Crippen LogP contribution in [0.15, 0.2) is 9.52 Å². The molecule has 23 heavy (non-hydrogen) atoms. The highest BCUT2D eigenvalue weighted by Gasteiger charge is 2.13. The van der Waals surface area contributed by atoms with E-state index in [1.807, 2.05) is 13.8 Å². The van der Waals surface area contributed by atoms with Crippen LogP contribution in [0.2, 0.25) is 0 Å². The van der Waals surface area contributed by atoms with E-state index in [9.17, 15) is 0 Å². The minimum atomic E-state index is 0.370. The zero-order valence-corrected chi connectivity index (χ0v) is 15.9.